The second-order valence-electron chi connectivity index (χ2n) is 13.8. The molecule has 2 atom stereocenters. The fourth-order valence-corrected chi connectivity index (χ4v) is 6.29. The van der Waals surface area contributed by atoms with Crippen LogP contribution in [0.3, 0.4) is 0 Å². The molecule has 2 aliphatic rings. The van der Waals surface area contributed by atoms with Gasteiger partial charge < -0.3 is 14.2 Å². The van der Waals surface area contributed by atoms with E-state index in [4.69, 9.17) is 14.2 Å². The largest absolute Gasteiger partial charge is 0.481 e. The summed E-state index contributed by atoms with van der Waals surface area (Å²) in [7, 11) is 3.00. The monoisotopic (exact) mass is 732 g/mol. The van der Waals surface area contributed by atoms with Crippen LogP contribution in [0, 0.1) is 5.41 Å². The topological polar surface area (TPSA) is 78.0 Å². The number of carbonyl (C=O) groups is 2. The van der Waals surface area contributed by atoms with Crippen LogP contribution in [-0.2, 0) is 21.8 Å². The van der Waals surface area contributed by atoms with Gasteiger partial charge in [0.25, 0.3) is 0 Å². The lowest BCUT2D eigenvalue weighted by atomic mass is 9.72. The minimum absolute atomic E-state index is 0.000839. The Balaban J connectivity index is 0.000000363. The van der Waals surface area contributed by atoms with E-state index in [1.165, 1.54) is 12.7 Å². The van der Waals surface area contributed by atoms with E-state index in [9.17, 15) is 35.9 Å². The van der Waals surface area contributed by atoms with Gasteiger partial charge in [0, 0.05) is 23.9 Å². The van der Waals surface area contributed by atoms with Gasteiger partial charge in [-0.2, -0.15) is 26.3 Å². The van der Waals surface area contributed by atoms with E-state index in [0.717, 1.165) is 58.7 Å². The fraction of sp³-hybridized carbons (Fsp3) is 0.410. The molecular weight excluding hydrogens is 690 g/mol. The van der Waals surface area contributed by atoms with Gasteiger partial charge in [-0.3, -0.25) is 4.90 Å². The number of cyclic esters (lactones) is 1. The molecule has 0 spiro atoms. The van der Waals surface area contributed by atoms with E-state index >= 15 is 0 Å². The molecule has 5 rings (SSSR count). The zero-order chi connectivity index (χ0) is 38.8. The average molecular weight is 733 g/mol. The number of rotatable bonds is 7. The van der Waals surface area contributed by atoms with Crippen molar-refractivity contribution in [1.29, 1.82) is 0 Å². The van der Waals surface area contributed by atoms with Crippen molar-refractivity contribution in [2.75, 3.05) is 20.8 Å². The first kappa shape index (κ1) is 40.0. The van der Waals surface area contributed by atoms with Crippen molar-refractivity contribution in [3.8, 4) is 17.0 Å². The molecule has 0 bridgehead atoms. The highest BCUT2D eigenvalue weighted by atomic mass is 19.4. The number of hydrogen-bond acceptors (Lipinski definition) is 6. The summed E-state index contributed by atoms with van der Waals surface area (Å²) in [5, 5.41) is 0. The number of methoxy groups -OCH3 is 2. The maximum Gasteiger partial charge on any atom is 0.416 e. The lowest BCUT2D eigenvalue weighted by Crippen LogP contribution is -2.36. The molecule has 2 aromatic carbocycles. The summed E-state index contributed by atoms with van der Waals surface area (Å²) < 4.78 is 88.1. The van der Waals surface area contributed by atoms with Gasteiger partial charge >= 0.3 is 24.4 Å². The summed E-state index contributed by atoms with van der Waals surface area (Å²) >= 11 is 0. The third kappa shape index (κ3) is 9.15. The van der Waals surface area contributed by atoms with Gasteiger partial charge in [-0.05, 0) is 104 Å². The molecule has 1 amide bonds. The highest BCUT2D eigenvalue weighted by molar-refractivity contribution is 5.93. The SMILES string of the molecule is C=C(C)c1cc(C(=O)OC)ccc1-c1cnc(OC)c(C2=C(CN3C(=O)OC(C)C3C)CC(C)(C)CC2)c1.FC(F)(F)c1cccc(C(F)(F)F)c1. The maximum atomic E-state index is 12.6. The van der Waals surface area contributed by atoms with E-state index < -0.39 is 29.4 Å². The number of carbonyl (C=O) groups excluding carboxylic acids is 2. The second-order valence-corrected chi connectivity index (χ2v) is 13.8. The van der Waals surface area contributed by atoms with Gasteiger partial charge in [-0.1, -0.05) is 38.1 Å². The van der Waals surface area contributed by atoms with Gasteiger partial charge in [-0.15, -0.1) is 0 Å². The van der Waals surface area contributed by atoms with E-state index in [0.29, 0.717) is 30.1 Å². The lowest BCUT2D eigenvalue weighted by molar-refractivity contribution is -0.143. The molecular formula is C39H42F6N2O5. The number of benzene rings is 2. The Morgan fingerprint density at radius 3 is 2.15 bits per heavy atom. The molecule has 13 heteroatoms. The van der Waals surface area contributed by atoms with Crippen molar-refractivity contribution in [3.63, 3.8) is 0 Å². The summed E-state index contributed by atoms with van der Waals surface area (Å²) in [6, 6.07) is 9.57. The number of halogens is 6. The number of pyridine rings is 1. The third-order valence-electron chi connectivity index (χ3n) is 9.32. The van der Waals surface area contributed by atoms with E-state index in [1.54, 1.807) is 19.4 Å². The predicted octanol–water partition coefficient (Wildman–Crippen LogP) is 10.5. The van der Waals surface area contributed by atoms with Crippen LogP contribution in [0.15, 0.2) is 66.9 Å². The quantitative estimate of drug-likeness (QED) is 0.178. The first-order chi connectivity index (χ1) is 24.2. The molecule has 0 radical (unpaired) electrons. The van der Waals surface area contributed by atoms with Crippen LogP contribution in [0.4, 0.5) is 31.1 Å². The Hall–Kier alpha value is -4.81. The van der Waals surface area contributed by atoms with E-state index in [1.807, 2.05) is 37.8 Å². The smallest absolute Gasteiger partial charge is 0.416 e. The Bertz CT molecular complexity index is 1840. The molecule has 3 aromatic rings. The van der Waals surface area contributed by atoms with Crippen molar-refractivity contribution in [2.45, 2.75) is 78.4 Å². The number of hydrogen-bond donors (Lipinski definition) is 0. The fourth-order valence-electron chi connectivity index (χ4n) is 6.29. The second kappa shape index (κ2) is 15.4. The highest BCUT2D eigenvalue weighted by Crippen LogP contribution is 2.46. The third-order valence-corrected chi connectivity index (χ3v) is 9.32. The minimum Gasteiger partial charge on any atom is -0.481 e. The van der Waals surface area contributed by atoms with Crippen molar-refractivity contribution < 1.29 is 50.1 Å². The Kier molecular flexibility index (Phi) is 11.9. The van der Waals surface area contributed by atoms with Gasteiger partial charge in [0.1, 0.15) is 6.10 Å². The molecule has 1 saturated heterocycles. The molecule has 1 fully saturated rings. The van der Waals surface area contributed by atoms with Crippen LogP contribution in [0.5, 0.6) is 5.88 Å². The normalized spacial score (nSPS) is 18.7. The van der Waals surface area contributed by atoms with Gasteiger partial charge in [0.05, 0.1) is 37.0 Å². The Morgan fingerprint density at radius 1 is 1.00 bits per heavy atom. The van der Waals surface area contributed by atoms with Crippen LogP contribution in [0.2, 0.25) is 0 Å². The first-order valence-electron chi connectivity index (χ1n) is 16.5. The summed E-state index contributed by atoms with van der Waals surface area (Å²) in [4.78, 5) is 31.3. The lowest BCUT2D eigenvalue weighted by Gasteiger charge is -2.35. The first-order valence-corrected chi connectivity index (χ1v) is 16.5. The molecule has 0 N–H and O–H groups in total. The molecule has 2 unspecified atom stereocenters. The van der Waals surface area contributed by atoms with E-state index in [2.05, 4.69) is 31.5 Å². The van der Waals surface area contributed by atoms with Crippen molar-refractivity contribution in [3.05, 3.63) is 94.7 Å². The van der Waals surface area contributed by atoms with Gasteiger partial charge in [-0.25, -0.2) is 14.6 Å². The number of alkyl halides is 6. The molecule has 1 aliphatic carbocycles. The van der Waals surface area contributed by atoms with Gasteiger partial charge in [0.15, 0.2) is 0 Å². The molecule has 52 heavy (non-hydrogen) atoms. The number of allylic oxidation sites excluding steroid dienone is 2. The Morgan fingerprint density at radius 2 is 1.63 bits per heavy atom. The standard InChI is InChI=1S/C31H38N2O5.C8H4F6/c1-18(2)26-13-21(29(34)37-8)9-10-24(26)22-14-27(28(36-7)32-16-22)25-11-12-31(5,6)15-23(25)17-33-19(3)20(4)38-30(33)35;9-7(10,11)5-2-1-3-6(4-5)8(12,13)14/h9-10,13-14,16,19-20H,1,11-12,15,17H2,2-8H3;1-4H. The molecule has 2 heterocycles. The zero-order valence-electron chi connectivity index (χ0n) is 30.1. The summed E-state index contributed by atoms with van der Waals surface area (Å²) in [6.45, 7) is 15.1. The van der Waals surface area contributed by atoms with Crippen LogP contribution in [0.1, 0.15) is 86.5 Å². The molecule has 0 saturated carbocycles. The van der Waals surface area contributed by atoms with Crippen LogP contribution < -0.4 is 4.74 Å². The predicted molar refractivity (Wildman–Crippen MR) is 185 cm³/mol. The number of aromatic nitrogens is 1. The summed E-state index contributed by atoms with van der Waals surface area (Å²) in [6.07, 6.45) is -5.39. The molecule has 1 aromatic heterocycles. The average Bonchev–Trinajstić information content (AvgIpc) is 3.32. The van der Waals surface area contributed by atoms with Crippen LogP contribution >= 0.6 is 0 Å². The molecule has 7 nitrogen and oxygen atoms in total. The molecule has 280 valence electrons. The van der Waals surface area contributed by atoms with Crippen LogP contribution in [0.25, 0.3) is 22.3 Å². The van der Waals surface area contributed by atoms with Crippen molar-refractivity contribution in [2.24, 2.45) is 5.41 Å². The molecule has 1 aliphatic heterocycles. The van der Waals surface area contributed by atoms with E-state index in [-0.39, 0.29) is 29.7 Å². The number of amides is 1. The van der Waals surface area contributed by atoms with Crippen molar-refractivity contribution in [1.82, 2.24) is 9.88 Å². The Labute approximate surface area is 299 Å². The number of nitrogens with zero attached hydrogens (tertiary/aromatic N) is 2. The van der Waals surface area contributed by atoms with Gasteiger partial charge in [0.2, 0.25) is 5.88 Å². The summed E-state index contributed by atoms with van der Waals surface area (Å²) in [5.74, 6) is 0.158. The summed E-state index contributed by atoms with van der Waals surface area (Å²) in [5.41, 5.74) is 4.79. The minimum atomic E-state index is -4.75. The highest BCUT2D eigenvalue weighted by Gasteiger charge is 2.39. The maximum absolute atomic E-state index is 12.6. The van der Waals surface area contributed by atoms with Crippen LogP contribution in [-0.4, -0.2) is 54.9 Å². The zero-order valence-corrected chi connectivity index (χ0v) is 30.1. The van der Waals surface area contributed by atoms with Crippen molar-refractivity contribution >= 4 is 23.2 Å². The number of ether oxygens (including phenoxy) is 3. The number of esters is 1.